The molecule has 0 spiro atoms. The highest BCUT2D eigenvalue weighted by Gasteiger charge is 2.59. The Balaban J connectivity index is 1.67. The quantitative estimate of drug-likeness (QED) is 0.619. The Morgan fingerprint density at radius 3 is 2.62 bits per heavy atom. The molecule has 174 valence electrons. The molecule has 0 fully saturated rings. The molecule has 1 amide bonds. The van der Waals surface area contributed by atoms with Crippen molar-refractivity contribution in [2.45, 2.75) is 24.8 Å². The van der Waals surface area contributed by atoms with Gasteiger partial charge in [0, 0.05) is 23.2 Å². The van der Waals surface area contributed by atoms with Crippen molar-refractivity contribution >= 4 is 17.5 Å². The van der Waals surface area contributed by atoms with Crippen LogP contribution in [0.5, 0.6) is 5.75 Å². The summed E-state index contributed by atoms with van der Waals surface area (Å²) in [6.07, 6.45) is 0.0703. The van der Waals surface area contributed by atoms with E-state index in [4.69, 9.17) is 11.6 Å². The molecule has 3 aromatic rings. The number of nitrogens with zero attached hydrogens (tertiary/aromatic N) is 3. The Morgan fingerprint density at radius 1 is 1.06 bits per heavy atom. The zero-order valence-electron chi connectivity index (χ0n) is 17.9. The minimum atomic E-state index is -2.77. The second-order valence-electron chi connectivity index (χ2n) is 8.98. The maximum absolute atomic E-state index is 13.5. The number of halogens is 3. The van der Waals surface area contributed by atoms with E-state index in [1.54, 1.807) is 0 Å². The van der Waals surface area contributed by atoms with Gasteiger partial charge in [0.2, 0.25) is 5.43 Å². The molecular weight excluding hydrogens is 464 g/mol. The van der Waals surface area contributed by atoms with Gasteiger partial charge in [0.25, 0.3) is 12.3 Å². The minimum Gasteiger partial charge on any atom is -0.502 e. The molecule has 2 unspecified atom stereocenters. The molecule has 1 aromatic heterocycles. The highest BCUT2D eigenvalue weighted by atomic mass is 35.5. The van der Waals surface area contributed by atoms with Crippen LogP contribution in [-0.2, 0) is 18.4 Å². The monoisotopic (exact) mass is 483 g/mol. The molecule has 3 aliphatic rings. The first-order valence-corrected chi connectivity index (χ1v) is 11.4. The summed E-state index contributed by atoms with van der Waals surface area (Å²) < 4.78 is 28.4. The van der Waals surface area contributed by atoms with Crippen molar-refractivity contribution < 1.29 is 18.7 Å². The summed E-state index contributed by atoms with van der Waals surface area (Å²) >= 11 is 6.61. The fourth-order valence-electron chi connectivity index (χ4n) is 6.10. The molecule has 6 nitrogen and oxygen atoms in total. The van der Waals surface area contributed by atoms with E-state index in [1.165, 1.54) is 16.9 Å². The van der Waals surface area contributed by atoms with Crippen LogP contribution < -0.4 is 10.4 Å². The van der Waals surface area contributed by atoms with Gasteiger partial charge in [-0.25, -0.2) is 8.78 Å². The smallest absolute Gasteiger partial charge is 0.278 e. The number of benzene rings is 2. The average Bonchev–Trinajstić information content (AvgIpc) is 3.30. The molecule has 1 N–H and O–H groups in total. The van der Waals surface area contributed by atoms with Gasteiger partial charge in [0.15, 0.2) is 11.4 Å². The Bertz CT molecular complexity index is 1410. The molecule has 34 heavy (non-hydrogen) atoms. The van der Waals surface area contributed by atoms with Crippen LogP contribution in [0.1, 0.15) is 32.7 Å². The van der Waals surface area contributed by atoms with Crippen LogP contribution in [0.15, 0.2) is 59.5 Å². The molecule has 0 saturated carbocycles. The fraction of sp³-hybridized carbons (Fsp3) is 0.280. The summed E-state index contributed by atoms with van der Waals surface area (Å²) in [5.41, 5.74) is 2.16. The topological polar surface area (TPSA) is 65.8 Å². The van der Waals surface area contributed by atoms with Gasteiger partial charge in [0.1, 0.15) is 12.2 Å². The number of carbonyl (C=O) groups is 1. The van der Waals surface area contributed by atoms with Crippen LogP contribution in [0.3, 0.4) is 0 Å². The van der Waals surface area contributed by atoms with Crippen LogP contribution in [0.2, 0.25) is 5.02 Å². The summed E-state index contributed by atoms with van der Waals surface area (Å²) in [5.74, 6) is -1.55. The third kappa shape index (κ3) is 2.66. The lowest BCUT2D eigenvalue weighted by Crippen LogP contribution is -2.63. The third-order valence-electron chi connectivity index (χ3n) is 7.34. The lowest BCUT2D eigenvalue weighted by Gasteiger charge is -2.50. The van der Waals surface area contributed by atoms with Gasteiger partial charge in [-0.1, -0.05) is 48.0 Å². The molecule has 6 rings (SSSR count). The summed E-state index contributed by atoms with van der Waals surface area (Å²) in [5, 5.41) is 13.0. The molecular formula is C25H20ClF2N3O3. The number of pyridine rings is 1. The summed E-state index contributed by atoms with van der Waals surface area (Å²) in [6.45, 7) is -0.960. The molecule has 2 atom stereocenters. The van der Waals surface area contributed by atoms with Crippen LogP contribution in [0, 0.1) is 5.92 Å². The zero-order chi connectivity index (χ0) is 23.8. The molecule has 2 aromatic carbocycles. The van der Waals surface area contributed by atoms with Crippen molar-refractivity contribution in [3.05, 3.63) is 97.9 Å². The fourth-order valence-corrected chi connectivity index (χ4v) is 6.35. The van der Waals surface area contributed by atoms with E-state index in [-0.39, 0.29) is 18.3 Å². The number of aromatic nitrogens is 1. The number of aromatic hydroxyl groups is 1. The lowest BCUT2D eigenvalue weighted by atomic mass is 9.81. The molecule has 2 aliphatic carbocycles. The number of hydrogen-bond donors (Lipinski definition) is 1. The lowest BCUT2D eigenvalue weighted by molar-refractivity contribution is 0.0433. The van der Waals surface area contributed by atoms with Crippen molar-refractivity contribution in [1.82, 2.24) is 9.58 Å². The predicted molar refractivity (Wildman–Crippen MR) is 122 cm³/mol. The van der Waals surface area contributed by atoms with Crippen molar-refractivity contribution in [3.8, 4) is 5.75 Å². The average molecular weight is 484 g/mol. The Hall–Kier alpha value is -3.39. The molecule has 0 bridgehead atoms. The molecule has 9 heteroatoms. The van der Waals surface area contributed by atoms with E-state index in [0.29, 0.717) is 11.4 Å². The normalized spacial score (nSPS) is 22.6. The van der Waals surface area contributed by atoms with Gasteiger partial charge in [-0.3, -0.25) is 19.3 Å². The van der Waals surface area contributed by atoms with Crippen LogP contribution in [0.4, 0.5) is 8.78 Å². The summed E-state index contributed by atoms with van der Waals surface area (Å²) in [6, 6.07) is 14.8. The Kier molecular flexibility index (Phi) is 4.55. The van der Waals surface area contributed by atoms with E-state index in [9.17, 15) is 23.5 Å². The van der Waals surface area contributed by atoms with Crippen molar-refractivity contribution in [1.29, 1.82) is 0 Å². The number of hydrogen-bond acceptors (Lipinski definition) is 4. The van der Waals surface area contributed by atoms with E-state index < -0.39 is 35.6 Å². The van der Waals surface area contributed by atoms with Gasteiger partial charge in [-0.2, -0.15) is 0 Å². The Morgan fingerprint density at radius 2 is 1.82 bits per heavy atom. The van der Waals surface area contributed by atoms with Crippen molar-refractivity contribution in [2.75, 3.05) is 18.2 Å². The minimum absolute atomic E-state index is 0.0100. The second kappa shape index (κ2) is 7.30. The first kappa shape index (κ1) is 21.2. The number of alkyl halides is 2. The highest BCUT2D eigenvalue weighted by Crippen LogP contribution is 2.57. The first-order chi connectivity index (χ1) is 16.3. The second-order valence-corrected chi connectivity index (χ2v) is 9.38. The maximum Gasteiger partial charge on any atom is 0.278 e. The van der Waals surface area contributed by atoms with Crippen LogP contribution >= 0.6 is 11.6 Å². The number of amides is 1. The van der Waals surface area contributed by atoms with Crippen LogP contribution in [-0.4, -0.2) is 40.2 Å². The number of fused-ring (bicyclic) bond motifs is 6. The van der Waals surface area contributed by atoms with Gasteiger partial charge in [0.05, 0.1) is 6.54 Å². The van der Waals surface area contributed by atoms with Crippen LogP contribution in [0.25, 0.3) is 0 Å². The van der Waals surface area contributed by atoms with Gasteiger partial charge in [-0.15, -0.1) is 0 Å². The molecule has 1 aliphatic heterocycles. The largest absolute Gasteiger partial charge is 0.502 e. The molecule has 0 saturated heterocycles. The van der Waals surface area contributed by atoms with Gasteiger partial charge >= 0.3 is 0 Å². The molecule has 2 heterocycles. The SMILES string of the molecule is O=C1c2c(O)c(=O)ccn2N(C23c4ccccc4CC2Cc2c(Cl)cccc23)CN1CC(F)F. The summed E-state index contributed by atoms with van der Waals surface area (Å²) in [7, 11) is 0. The third-order valence-corrected chi connectivity index (χ3v) is 7.69. The van der Waals surface area contributed by atoms with Crippen molar-refractivity contribution in [2.24, 2.45) is 5.92 Å². The predicted octanol–water partition coefficient (Wildman–Crippen LogP) is 3.50. The van der Waals surface area contributed by atoms with Crippen molar-refractivity contribution in [3.63, 3.8) is 0 Å². The number of rotatable bonds is 3. The summed E-state index contributed by atoms with van der Waals surface area (Å²) in [4.78, 5) is 26.4. The first-order valence-electron chi connectivity index (χ1n) is 11.0. The van der Waals surface area contributed by atoms with E-state index in [1.807, 2.05) is 41.4 Å². The highest BCUT2D eigenvalue weighted by molar-refractivity contribution is 6.31. The number of carbonyl (C=O) groups excluding carboxylic acids is 1. The van der Waals surface area contributed by atoms with E-state index in [2.05, 4.69) is 6.07 Å². The van der Waals surface area contributed by atoms with E-state index in [0.717, 1.165) is 33.6 Å². The van der Waals surface area contributed by atoms with Gasteiger partial charge in [-0.05, 0) is 41.2 Å². The van der Waals surface area contributed by atoms with E-state index >= 15 is 0 Å². The standard InChI is InChI=1S/C25H20ClF2N3O3/c26-19-7-3-6-18-16(19)11-15-10-14-4-1-2-5-17(14)25(15,18)31-13-29(12-21(27)28)24(34)22-23(33)20(32)8-9-30(22)31/h1-9,15,21,33H,10-13H2. The van der Waals surface area contributed by atoms with Gasteiger partial charge < -0.3 is 10.0 Å². The zero-order valence-corrected chi connectivity index (χ0v) is 18.7. The Labute approximate surface area is 198 Å². The maximum atomic E-state index is 13.5. The molecule has 0 radical (unpaired) electrons.